The van der Waals surface area contributed by atoms with Crippen molar-refractivity contribution in [2.45, 2.75) is 25.9 Å². The lowest BCUT2D eigenvalue weighted by atomic mass is 10.1. The molecule has 2 unspecified atom stereocenters. The molecule has 0 bridgehead atoms. The molecule has 1 amide bonds. The number of aromatic nitrogens is 3. The van der Waals surface area contributed by atoms with Crippen molar-refractivity contribution in [3.05, 3.63) is 12.4 Å². The third-order valence-electron chi connectivity index (χ3n) is 3.08. The van der Waals surface area contributed by atoms with E-state index in [2.05, 4.69) is 17.2 Å². The van der Waals surface area contributed by atoms with Crippen LogP contribution in [-0.4, -0.2) is 44.9 Å². The van der Waals surface area contributed by atoms with Crippen molar-refractivity contribution in [2.75, 3.05) is 13.1 Å². The van der Waals surface area contributed by atoms with Crippen LogP contribution < -0.4 is 5.73 Å². The molecule has 0 aliphatic carbocycles. The van der Waals surface area contributed by atoms with Crippen LogP contribution in [0.15, 0.2) is 12.4 Å². The molecule has 1 aliphatic rings. The van der Waals surface area contributed by atoms with Gasteiger partial charge in [-0.15, -0.1) is 5.10 Å². The van der Waals surface area contributed by atoms with Crippen LogP contribution >= 0.6 is 0 Å². The molecule has 6 heteroatoms. The van der Waals surface area contributed by atoms with Crippen LogP contribution in [0.3, 0.4) is 0 Å². The van der Waals surface area contributed by atoms with Crippen molar-refractivity contribution in [3.63, 3.8) is 0 Å². The molecule has 88 valence electrons. The maximum atomic E-state index is 12.0. The van der Waals surface area contributed by atoms with Crippen LogP contribution in [0.1, 0.15) is 13.3 Å². The number of likely N-dealkylation sites (tertiary alicyclic amines) is 1. The zero-order chi connectivity index (χ0) is 11.5. The first kappa shape index (κ1) is 11.1. The standard InChI is InChI=1S/C10H17N5O/c1-8-4-9(5-11)6-15(8)10(16)7-14-3-2-12-13-14/h2-3,8-9H,4-7,11H2,1H3. The second-order valence-corrected chi connectivity index (χ2v) is 4.33. The van der Waals surface area contributed by atoms with Gasteiger partial charge in [-0.1, -0.05) is 5.21 Å². The van der Waals surface area contributed by atoms with Gasteiger partial charge in [-0.2, -0.15) is 0 Å². The summed E-state index contributed by atoms with van der Waals surface area (Å²) in [5, 5.41) is 7.46. The van der Waals surface area contributed by atoms with E-state index in [-0.39, 0.29) is 18.5 Å². The molecule has 1 saturated heterocycles. The van der Waals surface area contributed by atoms with Gasteiger partial charge in [0.15, 0.2) is 0 Å². The van der Waals surface area contributed by atoms with E-state index < -0.39 is 0 Å². The molecule has 2 heterocycles. The van der Waals surface area contributed by atoms with E-state index in [9.17, 15) is 4.79 Å². The van der Waals surface area contributed by atoms with E-state index in [1.807, 2.05) is 4.90 Å². The normalized spacial score (nSPS) is 25.0. The first-order chi connectivity index (χ1) is 7.70. The molecule has 0 spiro atoms. The second kappa shape index (κ2) is 4.61. The molecule has 2 atom stereocenters. The molecule has 6 nitrogen and oxygen atoms in total. The van der Waals surface area contributed by atoms with E-state index in [4.69, 9.17) is 5.73 Å². The van der Waals surface area contributed by atoms with Gasteiger partial charge >= 0.3 is 0 Å². The third-order valence-corrected chi connectivity index (χ3v) is 3.08. The van der Waals surface area contributed by atoms with Gasteiger partial charge in [-0.05, 0) is 25.8 Å². The number of hydrogen-bond acceptors (Lipinski definition) is 4. The van der Waals surface area contributed by atoms with Crippen molar-refractivity contribution in [2.24, 2.45) is 11.7 Å². The molecule has 1 aliphatic heterocycles. The van der Waals surface area contributed by atoms with Crippen LogP contribution in [0.5, 0.6) is 0 Å². The van der Waals surface area contributed by atoms with Crippen LogP contribution in [0.4, 0.5) is 0 Å². The van der Waals surface area contributed by atoms with Gasteiger partial charge in [0.25, 0.3) is 0 Å². The fourth-order valence-corrected chi connectivity index (χ4v) is 2.21. The molecule has 16 heavy (non-hydrogen) atoms. The molecule has 1 aromatic rings. The number of nitrogens with zero attached hydrogens (tertiary/aromatic N) is 4. The Kier molecular flexibility index (Phi) is 3.19. The summed E-state index contributed by atoms with van der Waals surface area (Å²) in [5.74, 6) is 0.531. The highest BCUT2D eigenvalue weighted by Gasteiger charge is 2.31. The van der Waals surface area contributed by atoms with Crippen LogP contribution in [0.2, 0.25) is 0 Å². The smallest absolute Gasteiger partial charge is 0.244 e. The van der Waals surface area contributed by atoms with Gasteiger partial charge in [0.2, 0.25) is 5.91 Å². The summed E-state index contributed by atoms with van der Waals surface area (Å²) < 4.78 is 1.55. The minimum absolute atomic E-state index is 0.0916. The van der Waals surface area contributed by atoms with E-state index in [0.29, 0.717) is 12.5 Å². The SMILES string of the molecule is CC1CC(CN)CN1C(=O)Cn1ccnn1. The summed E-state index contributed by atoms with van der Waals surface area (Å²) in [6.07, 6.45) is 4.27. The van der Waals surface area contributed by atoms with E-state index >= 15 is 0 Å². The second-order valence-electron chi connectivity index (χ2n) is 4.33. The molecule has 1 fully saturated rings. The average Bonchev–Trinajstić information content (AvgIpc) is 2.87. The summed E-state index contributed by atoms with van der Waals surface area (Å²) in [4.78, 5) is 13.9. The van der Waals surface area contributed by atoms with E-state index in [0.717, 1.165) is 13.0 Å². The summed E-state index contributed by atoms with van der Waals surface area (Å²) >= 11 is 0. The van der Waals surface area contributed by atoms with Gasteiger partial charge in [-0.3, -0.25) is 4.79 Å². The highest BCUT2D eigenvalue weighted by atomic mass is 16.2. The van der Waals surface area contributed by atoms with Crippen molar-refractivity contribution in [1.82, 2.24) is 19.9 Å². The molecule has 2 N–H and O–H groups in total. The monoisotopic (exact) mass is 223 g/mol. The minimum atomic E-state index is 0.0916. The quantitative estimate of drug-likeness (QED) is 0.747. The van der Waals surface area contributed by atoms with Gasteiger partial charge in [-0.25, -0.2) is 4.68 Å². The molecule has 0 radical (unpaired) electrons. The summed E-state index contributed by atoms with van der Waals surface area (Å²) in [5.41, 5.74) is 5.63. The number of amides is 1. The largest absolute Gasteiger partial charge is 0.338 e. The Morgan fingerprint density at radius 1 is 1.62 bits per heavy atom. The predicted molar refractivity (Wildman–Crippen MR) is 58.4 cm³/mol. The van der Waals surface area contributed by atoms with E-state index in [1.54, 1.807) is 17.1 Å². The van der Waals surface area contributed by atoms with Crippen LogP contribution in [-0.2, 0) is 11.3 Å². The average molecular weight is 223 g/mol. The Morgan fingerprint density at radius 3 is 3.00 bits per heavy atom. The summed E-state index contributed by atoms with van der Waals surface area (Å²) in [6, 6.07) is 0.282. The molecular formula is C10H17N5O. The van der Waals surface area contributed by atoms with Crippen LogP contribution in [0.25, 0.3) is 0 Å². The summed E-state index contributed by atoms with van der Waals surface area (Å²) in [6.45, 7) is 3.75. The molecule has 0 saturated carbocycles. The Bertz CT molecular complexity index is 350. The lowest BCUT2D eigenvalue weighted by molar-refractivity contribution is -0.132. The van der Waals surface area contributed by atoms with Gasteiger partial charge in [0, 0.05) is 18.8 Å². The number of hydrogen-bond donors (Lipinski definition) is 1. The van der Waals surface area contributed by atoms with Crippen molar-refractivity contribution >= 4 is 5.91 Å². The Hall–Kier alpha value is -1.43. The maximum absolute atomic E-state index is 12.0. The Morgan fingerprint density at radius 2 is 2.44 bits per heavy atom. The highest BCUT2D eigenvalue weighted by Crippen LogP contribution is 2.22. The van der Waals surface area contributed by atoms with Crippen molar-refractivity contribution in [3.8, 4) is 0 Å². The summed E-state index contributed by atoms with van der Waals surface area (Å²) in [7, 11) is 0. The lowest BCUT2D eigenvalue weighted by Crippen LogP contribution is -2.37. The van der Waals surface area contributed by atoms with Crippen molar-refractivity contribution < 1.29 is 4.79 Å². The minimum Gasteiger partial charge on any atom is -0.338 e. The van der Waals surface area contributed by atoms with Gasteiger partial charge in [0.1, 0.15) is 6.54 Å². The van der Waals surface area contributed by atoms with E-state index in [1.165, 1.54) is 0 Å². The third kappa shape index (κ3) is 2.21. The van der Waals surface area contributed by atoms with Gasteiger partial charge < -0.3 is 10.6 Å². The number of carbonyl (C=O) groups excluding carboxylic acids is 1. The van der Waals surface area contributed by atoms with Crippen molar-refractivity contribution in [1.29, 1.82) is 0 Å². The first-order valence-corrected chi connectivity index (χ1v) is 5.54. The molecule has 2 rings (SSSR count). The Balaban J connectivity index is 1.95. The zero-order valence-corrected chi connectivity index (χ0v) is 9.41. The van der Waals surface area contributed by atoms with Crippen LogP contribution in [0, 0.1) is 5.92 Å². The number of rotatable bonds is 3. The lowest BCUT2D eigenvalue weighted by Gasteiger charge is -2.21. The first-order valence-electron chi connectivity index (χ1n) is 5.54. The highest BCUT2D eigenvalue weighted by molar-refractivity contribution is 5.76. The Labute approximate surface area is 94.4 Å². The molecule has 1 aromatic heterocycles. The fourth-order valence-electron chi connectivity index (χ4n) is 2.21. The predicted octanol–water partition coefficient (Wildman–Crippen LogP) is -0.526. The zero-order valence-electron chi connectivity index (χ0n) is 9.41. The molecular weight excluding hydrogens is 206 g/mol. The number of carbonyl (C=O) groups is 1. The molecule has 0 aromatic carbocycles. The number of nitrogens with two attached hydrogens (primary N) is 1. The topological polar surface area (TPSA) is 77.0 Å². The maximum Gasteiger partial charge on any atom is 0.244 e. The van der Waals surface area contributed by atoms with Gasteiger partial charge in [0.05, 0.1) is 6.20 Å². The fraction of sp³-hybridized carbons (Fsp3) is 0.700.